The molecule has 1 atom stereocenters. The van der Waals surface area contributed by atoms with Gasteiger partial charge in [-0.1, -0.05) is 0 Å². The normalized spacial score (nSPS) is 20.6. The third kappa shape index (κ3) is 2.99. The lowest BCUT2D eigenvalue weighted by molar-refractivity contribution is 0.0525. The molecule has 94 valence electrons. The first-order chi connectivity index (χ1) is 8.22. The van der Waals surface area contributed by atoms with Crippen LogP contribution in [0.3, 0.4) is 0 Å². The van der Waals surface area contributed by atoms with E-state index in [1.165, 1.54) is 12.0 Å². The van der Waals surface area contributed by atoms with Crippen LogP contribution < -0.4 is 4.90 Å². The Morgan fingerprint density at radius 1 is 1.59 bits per heavy atom. The third-order valence-corrected chi connectivity index (χ3v) is 4.12. The molecule has 0 bridgehead atoms. The smallest absolute Gasteiger partial charge is 0.143 e. The Labute approximate surface area is 111 Å². The van der Waals surface area contributed by atoms with Crippen molar-refractivity contribution in [3.05, 3.63) is 22.3 Å². The van der Waals surface area contributed by atoms with Crippen LogP contribution in [0.2, 0.25) is 0 Å². The second kappa shape index (κ2) is 5.83. The van der Waals surface area contributed by atoms with Crippen LogP contribution in [0, 0.1) is 6.92 Å². The molecule has 0 N–H and O–H groups in total. The summed E-state index contributed by atoms with van der Waals surface area (Å²) in [5, 5.41) is 0. The van der Waals surface area contributed by atoms with Gasteiger partial charge in [0.05, 0.1) is 10.6 Å². The van der Waals surface area contributed by atoms with Crippen LogP contribution in [0.15, 0.2) is 16.7 Å². The van der Waals surface area contributed by atoms with Crippen LogP contribution in [0.25, 0.3) is 0 Å². The highest BCUT2D eigenvalue weighted by molar-refractivity contribution is 9.10. The second-order valence-corrected chi connectivity index (χ2v) is 5.22. The lowest BCUT2D eigenvalue weighted by atomic mass is 10.1. The molecule has 17 heavy (non-hydrogen) atoms. The first-order valence-electron chi connectivity index (χ1n) is 6.20. The SMILES string of the molecule is CCOC1CCCN(c2nccc(C)c2Br)C1. The Balaban J connectivity index is 2.13. The van der Waals surface area contributed by atoms with Gasteiger partial charge < -0.3 is 9.64 Å². The standard InChI is InChI=1S/C13H19BrN2O/c1-3-17-11-5-4-8-16(9-11)13-12(14)10(2)6-7-15-13/h6-7,11H,3-5,8-9H2,1-2H3. The molecule has 1 fully saturated rings. The number of ether oxygens (including phenoxy) is 1. The molecular formula is C13H19BrN2O. The summed E-state index contributed by atoms with van der Waals surface area (Å²) in [7, 11) is 0. The van der Waals surface area contributed by atoms with Crippen molar-refractivity contribution in [2.45, 2.75) is 32.8 Å². The van der Waals surface area contributed by atoms with Gasteiger partial charge in [-0.05, 0) is 54.2 Å². The number of hydrogen-bond donors (Lipinski definition) is 0. The number of aryl methyl sites for hydroxylation is 1. The third-order valence-electron chi connectivity index (χ3n) is 3.14. The highest BCUT2D eigenvalue weighted by Gasteiger charge is 2.22. The van der Waals surface area contributed by atoms with Crippen molar-refractivity contribution < 1.29 is 4.74 Å². The van der Waals surface area contributed by atoms with Gasteiger partial charge in [0.15, 0.2) is 0 Å². The summed E-state index contributed by atoms with van der Waals surface area (Å²) < 4.78 is 6.83. The highest BCUT2D eigenvalue weighted by Crippen LogP contribution is 2.29. The van der Waals surface area contributed by atoms with Crippen LogP contribution >= 0.6 is 15.9 Å². The number of nitrogens with zero attached hydrogens (tertiary/aromatic N) is 2. The average molecular weight is 299 g/mol. The molecule has 0 saturated carbocycles. The Hall–Kier alpha value is -0.610. The number of piperidine rings is 1. The molecule has 0 aromatic carbocycles. The summed E-state index contributed by atoms with van der Waals surface area (Å²) >= 11 is 3.63. The van der Waals surface area contributed by atoms with E-state index in [-0.39, 0.29) is 0 Å². The van der Waals surface area contributed by atoms with Crippen molar-refractivity contribution >= 4 is 21.7 Å². The summed E-state index contributed by atoms with van der Waals surface area (Å²) in [6, 6.07) is 2.03. The lowest BCUT2D eigenvalue weighted by Crippen LogP contribution is -2.40. The number of rotatable bonds is 3. The minimum absolute atomic E-state index is 0.350. The topological polar surface area (TPSA) is 25.4 Å². The zero-order valence-corrected chi connectivity index (χ0v) is 12.0. The largest absolute Gasteiger partial charge is 0.377 e. The zero-order chi connectivity index (χ0) is 12.3. The van der Waals surface area contributed by atoms with E-state index in [0.717, 1.165) is 36.4 Å². The predicted molar refractivity (Wildman–Crippen MR) is 73.5 cm³/mol. The maximum atomic E-state index is 5.72. The van der Waals surface area contributed by atoms with Crippen LogP contribution in [0.1, 0.15) is 25.3 Å². The molecule has 2 rings (SSSR count). The number of hydrogen-bond acceptors (Lipinski definition) is 3. The van der Waals surface area contributed by atoms with Gasteiger partial charge in [0.2, 0.25) is 0 Å². The fourth-order valence-corrected chi connectivity index (χ4v) is 2.73. The summed E-state index contributed by atoms with van der Waals surface area (Å²) in [4.78, 5) is 6.80. The van der Waals surface area contributed by atoms with Gasteiger partial charge in [-0.15, -0.1) is 0 Å². The van der Waals surface area contributed by atoms with Crippen LogP contribution in [0.5, 0.6) is 0 Å². The molecule has 1 aromatic rings. The van der Waals surface area contributed by atoms with Gasteiger partial charge in [0, 0.05) is 25.9 Å². The van der Waals surface area contributed by atoms with Gasteiger partial charge in [-0.25, -0.2) is 4.98 Å². The monoisotopic (exact) mass is 298 g/mol. The van der Waals surface area contributed by atoms with E-state index in [2.05, 4.69) is 39.7 Å². The molecule has 0 aliphatic carbocycles. The molecule has 0 radical (unpaired) electrons. The molecule has 3 nitrogen and oxygen atoms in total. The molecular weight excluding hydrogens is 280 g/mol. The number of anilines is 1. The molecule has 4 heteroatoms. The van der Waals surface area contributed by atoms with Crippen LogP contribution in [0.4, 0.5) is 5.82 Å². The molecule has 2 heterocycles. The number of aromatic nitrogens is 1. The zero-order valence-electron chi connectivity index (χ0n) is 10.4. The molecule has 1 saturated heterocycles. The predicted octanol–water partition coefficient (Wildman–Crippen LogP) is 3.16. The average Bonchev–Trinajstić information content (AvgIpc) is 2.33. The van der Waals surface area contributed by atoms with E-state index < -0.39 is 0 Å². The van der Waals surface area contributed by atoms with Crippen molar-refractivity contribution in [1.82, 2.24) is 4.98 Å². The van der Waals surface area contributed by atoms with E-state index in [9.17, 15) is 0 Å². The fraction of sp³-hybridized carbons (Fsp3) is 0.615. The van der Waals surface area contributed by atoms with E-state index >= 15 is 0 Å². The lowest BCUT2D eigenvalue weighted by Gasteiger charge is -2.34. The van der Waals surface area contributed by atoms with E-state index in [1.807, 2.05) is 12.3 Å². The summed E-state index contributed by atoms with van der Waals surface area (Å²) in [5.41, 5.74) is 1.23. The maximum Gasteiger partial charge on any atom is 0.143 e. The van der Waals surface area contributed by atoms with Gasteiger partial charge in [-0.3, -0.25) is 0 Å². The van der Waals surface area contributed by atoms with E-state index in [1.54, 1.807) is 0 Å². The molecule has 0 amide bonds. The molecule has 1 aliphatic rings. The summed E-state index contributed by atoms with van der Waals surface area (Å²) in [5.74, 6) is 1.05. The first kappa shape index (κ1) is 12.8. The Morgan fingerprint density at radius 2 is 2.41 bits per heavy atom. The van der Waals surface area contributed by atoms with Crippen molar-refractivity contribution in [2.75, 3.05) is 24.6 Å². The quantitative estimate of drug-likeness (QED) is 0.857. The highest BCUT2D eigenvalue weighted by atomic mass is 79.9. The van der Waals surface area contributed by atoms with Gasteiger partial charge in [0.1, 0.15) is 5.82 Å². The molecule has 1 unspecified atom stereocenters. The molecule has 1 aliphatic heterocycles. The second-order valence-electron chi connectivity index (χ2n) is 4.43. The number of halogens is 1. The van der Waals surface area contributed by atoms with Crippen molar-refractivity contribution in [1.29, 1.82) is 0 Å². The number of pyridine rings is 1. The maximum absolute atomic E-state index is 5.72. The minimum atomic E-state index is 0.350. The van der Waals surface area contributed by atoms with Crippen molar-refractivity contribution in [2.24, 2.45) is 0 Å². The molecule has 0 spiro atoms. The fourth-order valence-electron chi connectivity index (χ4n) is 2.25. The van der Waals surface area contributed by atoms with Crippen molar-refractivity contribution in [3.63, 3.8) is 0 Å². The van der Waals surface area contributed by atoms with Gasteiger partial charge in [-0.2, -0.15) is 0 Å². The van der Waals surface area contributed by atoms with Crippen molar-refractivity contribution in [3.8, 4) is 0 Å². The van der Waals surface area contributed by atoms with E-state index in [4.69, 9.17) is 4.74 Å². The van der Waals surface area contributed by atoms with Gasteiger partial charge >= 0.3 is 0 Å². The summed E-state index contributed by atoms with van der Waals surface area (Å²) in [6.45, 7) is 6.96. The Kier molecular flexibility index (Phi) is 4.40. The van der Waals surface area contributed by atoms with Gasteiger partial charge in [0.25, 0.3) is 0 Å². The minimum Gasteiger partial charge on any atom is -0.377 e. The Bertz CT molecular complexity index is 382. The molecule has 1 aromatic heterocycles. The summed E-state index contributed by atoms with van der Waals surface area (Å²) in [6.07, 6.45) is 4.56. The Morgan fingerprint density at radius 3 is 3.18 bits per heavy atom. The van der Waals surface area contributed by atoms with Crippen LogP contribution in [-0.4, -0.2) is 30.8 Å². The van der Waals surface area contributed by atoms with E-state index in [0.29, 0.717) is 6.10 Å². The van der Waals surface area contributed by atoms with Crippen LogP contribution in [-0.2, 0) is 4.74 Å². The first-order valence-corrected chi connectivity index (χ1v) is 6.99.